The van der Waals surface area contributed by atoms with Gasteiger partial charge in [0.05, 0.1) is 6.54 Å². The van der Waals surface area contributed by atoms with E-state index in [1.165, 1.54) is 16.8 Å². The Balaban J connectivity index is 1.54. The number of aryl methyl sites for hydroxylation is 1. The largest absolute Gasteiger partial charge is 0.454 e. The maximum Gasteiger partial charge on any atom is 0.276 e. The molecule has 0 bridgehead atoms. The van der Waals surface area contributed by atoms with Crippen LogP contribution in [0.25, 0.3) is 0 Å². The molecule has 1 aromatic heterocycles. The summed E-state index contributed by atoms with van der Waals surface area (Å²) in [5, 5.41) is 6.95. The molecule has 3 aromatic rings. The summed E-state index contributed by atoms with van der Waals surface area (Å²) in [5.41, 5.74) is 2.51. The van der Waals surface area contributed by atoms with Crippen molar-refractivity contribution in [3.05, 3.63) is 81.8 Å². The molecule has 0 fully saturated rings. The van der Waals surface area contributed by atoms with Crippen molar-refractivity contribution < 1.29 is 14.3 Å². The van der Waals surface area contributed by atoms with E-state index in [2.05, 4.69) is 10.4 Å². The van der Waals surface area contributed by atoms with Crippen molar-refractivity contribution in [2.75, 3.05) is 12.1 Å². The second-order valence-corrected chi connectivity index (χ2v) is 6.22. The number of amides is 1. The van der Waals surface area contributed by atoms with Crippen LogP contribution in [0.15, 0.2) is 59.4 Å². The highest BCUT2D eigenvalue weighted by Gasteiger charge is 2.15. The van der Waals surface area contributed by atoms with Gasteiger partial charge in [0.1, 0.15) is 5.69 Å². The van der Waals surface area contributed by atoms with Crippen LogP contribution in [0.2, 0.25) is 0 Å². The number of nitrogens with zero attached hydrogens (tertiary/aromatic N) is 2. The Morgan fingerprint density at radius 1 is 1.07 bits per heavy atom. The number of carbonyl (C=O) groups excluding carboxylic acids is 1. The van der Waals surface area contributed by atoms with Gasteiger partial charge in [-0.3, -0.25) is 9.59 Å². The lowest BCUT2D eigenvalue weighted by molar-refractivity contribution is 0.102. The lowest BCUT2D eigenvalue weighted by Gasteiger charge is -2.09. The van der Waals surface area contributed by atoms with Crippen molar-refractivity contribution in [2.45, 2.75) is 13.5 Å². The van der Waals surface area contributed by atoms with Gasteiger partial charge in [-0.15, -0.1) is 0 Å². The average Bonchev–Trinajstić information content (AvgIpc) is 3.13. The average molecular weight is 363 g/mol. The minimum absolute atomic E-state index is 0.152. The lowest BCUT2D eigenvalue weighted by Crippen LogP contribution is -2.26. The maximum atomic E-state index is 12.5. The second-order valence-electron chi connectivity index (χ2n) is 6.22. The zero-order valence-corrected chi connectivity index (χ0v) is 14.6. The molecular formula is C20H17N3O4. The summed E-state index contributed by atoms with van der Waals surface area (Å²) in [6, 6.07) is 15.7. The van der Waals surface area contributed by atoms with Crippen molar-refractivity contribution in [2.24, 2.45) is 0 Å². The molecule has 1 aliphatic heterocycles. The molecule has 0 unspecified atom stereocenters. The summed E-state index contributed by atoms with van der Waals surface area (Å²) in [5.74, 6) is 0.800. The molecule has 7 heteroatoms. The highest BCUT2D eigenvalue weighted by Crippen LogP contribution is 2.34. The van der Waals surface area contributed by atoms with Gasteiger partial charge in [0.25, 0.3) is 11.5 Å². The fraction of sp³-hybridized carbons (Fsp3) is 0.150. The Hall–Kier alpha value is -3.61. The zero-order valence-electron chi connectivity index (χ0n) is 14.6. The van der Waals surface area contributed by atoms with Crippen LogP contribution in [0.5, 0.6) is 11.5 Å². The van der Waals surface area contributed by atoms with Gasteiger partial charge < -0.3 is 14.8 Å². The number of aromatic nitrogens is 2. The van der Waals surface area contributed by atoms with Crippen molar-refractivity contribution >= 4 is 11.6 Å². The molecule has 2 heterocycles. The number of rotatable bonds is 4. The zero-order chi connectivity index (χ0) is 18.8. The van der Waals surface area contributed by atoms with Crippen LogP contribution in [0, 0.1) is 6.92 Å². The molecule has 1 aliphatic rings. The number of ether oxygens (including phenoxy) is 2. The molecule has 1 N–H and O–H groups in total. The smallest absolute Gasteiger partial charge is 0.276 e. The van der Waals surface area contributed by atoms with Crippen LogP contribution in [0.3, 0.4) is 0 Å². The molecule has 0 radical (unpaired) electrons. The first-order valence-corrected chi connectivity index (χ1v) is 8.43. The van der Waals surface area contributed by atoms with Gasteiger partial charge in [-0.1, -0.05) is 29.8 Å². The second kappa shape index (κ2) is 6.95. The molecule has 7 nitrogen and oxygen atoms in total. The summed E-state index contributed by atoms with van der Waals surface area (Å²) in [4.78, 5) is 24.6. The van der Waals surface area contributed by atoms with E-state index >= 15 is 0 Å². The topological polar surface area (TPSA) is 82.5 Å². The molecule has 0 aliphatic carbocycles. The minimum Gasteiger partial charge on any atom is -0.454 e. The van der Waals surface area contributed by atoms with Crippen LogP contribution in [-0.2, 0) is 6.54 Å². The SMILES string of the molecule is Cc1ccc(Cn2nc(C(=O)Nc3ccc4c(c3)OCO4)ccc2=O)cc1. The van der Waals surface area contributed by atoms with Gasteiger partial charge in [-0.25, -0.2) is 4.68 Å². The Morgan fingerprint density at radius 2 is 1.85 bits per heavy atom. The Bertz CT molecular complexity index is 1060. The fourth-order valence-electron chi connectivity index (χ4n) is 2.72. The quantitative estimate of drug-likeness (QED) is 0.770. The van der Waals surface area contributed by atoms with Gasteiger partial charge in [-0.05, 0) is 30.7 Å². The minimum atomic E-state index is -0.411. The van der Waals surface area contributed by atoms with Crippen molar-refractivity contribution in [1.29, 1.82) is 0 Å². The first-order valence-electron chi connectivity index (χ1n) is 8.43. The van der Waals surface area contributed by atoms with Gasteiger partial charge >= 0.3 is 0 Å². The lowest BCUT2D eigenvalue weighted by atomic mass is 10.1. The first kappa shape index (κ1) is 16.8. The third-order valence-electron chi connectivity index (χ3n) is 4.18. The highest BCUT2D eigenvalue weighted by atomic mass is 16.7. The van der Waals surface area contributed by atoms with Crippen molar-refractivity contribution in [3.8, 4) is 11.5 Å². The number of anilines is 1. The fourth-order valence-corrected chi connectivity index (χ4v) is 2.72. The Labute approximate surface area is 155 Å². The van der Waals surface area contributed by atoms with E-state index in [1.54, 1.807) is 18.2 Å². The molecule has 27 heavy (non-hydrogen) atoms. The normalized spacial score (nSPS) is 12.0. The number of carbonyl (C=O) groups is 1. The first-order chi connectivity index (χ1) is 13.1. The van der Waals surface area contributed by atoms with E-state index in [9.17, 15) is 9.59 Å². The van der Waals surface area contributed by atoms with Crippen molar-refractivity contribution in [3.63, 3.8) is 0 Å². The van der Waals surface area contributed by atoms with Gasteiger partial charge in [-0.2, -0.15) is 5.10 Å². The molecule has 0 spiro atoms. The van der Waals surface area contributed by atoms with Crippen LogP contribution in [-0.4, -0.2) is 22.5 Å². The van der Waals surface area contributed by atoms with Crippen LogP contribution in [0.1, 0.15) is 21.6 Å². The summed E-state index contributed by atoms with van der Waals surface area (Å²) in [7, 11) is 0. The molecule has 0 saturated heterocycles. The summed E-state index contributed by atoms with van der Waals surface area (Å²) in [6.45, 7) is 2.46. The number of hydrogen-bond acceptors (Lipinski definition) is 5. The third kappa shape index (κ3) is 3.67. The Kier molecular flexibility index (Phi) is 4.33. The van der Waals surface area contributed by atoms with Crippen LogP contribution in [0.4, 0.5) is 5.69 Å². The molecule has 1 amide bonds. The maximum absolute atomic E-state index is 12.5. The van der Waals surface area contributed by atoms with E-state index < -0.39 is 5.91 Å². The summed E-state index contributed by atoms with van der Waals surface area (Å²) in [6.07, 6.45) is 0. The predicted octanol–water partition coefficient (Wildman–Crippen LogP) is 2.58. The standard InChI is InChI=1S/C20H17N3O4/c1-13-2-4-14(5-3-13)11-23-19(24)9-7-16(22-23)20(25)21-15-6-8-17-18(10-15)27-12-26-17/h2-10H,11-12H2,1H3,(H,21,25). The van der Waals surface area contributed by atoms with Gasteiger partial charge in [0.15, 0.2) is 11.5 Å². The monoisotopic (exact) mass is 363 g/mol. The summed E-state index contributed by atoms with van der Waals surface area (Å²) < 4.78 is 11.8. The van der Waals surface area contributed by atoms with Gasteiger partial charge in [0, 0.05) is 17.8 Å². The van der Waals surface area contributed by atoms with Crippen molar-refractivity contribution in [1.82, 2.24) is 9.78 Å². The number of hydrogen-bond donors (Lipinski definition) is 1. The highest BCUT2D eigenvalue weighted by molar-refractivity contribution is 6.02. The van der Waals surface area contributed by atoms with Gasteiger partial charge in [0.2, 0.25) is 6.79 Å². The van der Waals surface area contributed by atoms with E-state index in [1.807, 2.05) is 31.2 Å². The van der Waals surface area contributed by atoms with Crippen LogP contribution < -0.4 is 20.3 Å². The van der Waals surface area contributed by atoms with E-state index in [4.69, 9.17) is 9.47 Å². The summed E-state index contributed by atoms with van der Waals surface area (Å²) >= 11 is 0. The van der Waals surface area contributed by atoms with Crippen LogP contribution >= 0.6 is 0 Å². The predicted molar refractivity (Wildman–Crippen MR) is 99.3 cm³/mol. The number of nitrogens with one attached hydrogen (secondary N) is 1. The van der Waals surface area contributed by atoms with E-state index in [0.717, 1.165) is 11.1 Å². The van der Waals surface area contributed by atoms with E-state index in [0.29, 0.717) is 23.7 Å². The molecule has 136 valence electrons. The molecule has 0 saturated carbocycles. The molecule has 4 rings (SSSR count). The Morgan fingerprint density at radius 3 is 2.67 bits per heavy atom. The molecular weight excluding hydrogens is 346 g/mol. The third-order valence-corrected chi connectivity index (χ3v) is 4.18. The van der Waals surface area contributed by atoms with E-state index in [-0.39, 0.29) is 18.0 Å². The molecule has 0 atom stereocenters. The molecule has 2 aromatic carbocycles. The number of fused-ring (bicyclic) bond motifs is 1. The number of benzene rings is 2.